The Morgan fingerprint density at radius 2 is 1.50 bits per heavy atom. The molecule has 1 aliphatic carbocycles. The molecule has 1 heterocycles. The summed E-state index contributed by atoms with van der Waals surface area (Å²) in [6, 6.07) is 0. The fourth-order valence-corrected chi connectivity index (χ4v) is 2.94. The summed E-state index contributed by atoms with van der Waals surface area (Å²) in [5.41, 5.74) is 0. The predicted octanol–water partition coefficient (Wildman–Crippen LogP) is 1.49. The van der Waals surface area contributed by atoms with Gasteiger partial charge in [-0.25, -0.2) is 0 Å². The Hall–Kier alpha value is -0.0400. The topological polar surface area (TPSA) is 0 Å². The zero-order chi connectivity index (χ0) is 7.19. The van der Waals surface area contributed by atoms with Gasteiger partial charge in [-0.05, 0) is 12.8 Å². The maximum absolute atomic E-state index is 2.37. The van der Waals surface area contributed by atoms with Crippen molar-refractivity contribution >= 4 is 0 Å². The van der Waals surface area contributed by atoms with Crippen molar-refractivity contribution in [1.82, 2.24) is 0 Å². The Labute approximate surface area is 63.6 Å². The van der Waals surface area contributed by atoms with E-state index in [-0.39, 0.29) is 0 Å². The molecule has 0 unspecified atom stereocenters. The van der Waals surface area contributed by atoms with Gasteiger partial charge < -0.3 is 4.48 Å². The van der Waals surface area contributed by atoms with Crippen molar-refractivity contribution < 1.29 is 4.48 Å². The minimum absolute atomic E-state index is 1.09. The molecule has 1 aliphatic heterocycles. The highest BCUT2D eigenvalue weighted by atomic mass is 15.3. The minimum atomic E-state index is 1.09. The maximum atomic E-state index is 2.37. The summed E-state index contributed by atoms with van der Waals surface area (Å²) < 4.78 is 1.29. The zero-order valence-corrected chi connectivity index (χ0v) is 7.14. The first-order chi connectivity index (χ1) is 4.67. The van der Waals surface area contributed by atoms with Crippen LogP contribution in [0.15, 0.2) is 0 Å². The molecule has 0 aromatic rings. The predicted molar refractivity (Wildman–Crippen MR) is 42.7 cm³/mol. The summed E-state index contributed by atoms with van der Waals surface area (Å²) in [6.07, 6.45) is 4.55. The molecule has 2 fully saturated rings. The average molecular weight is 140 g/mol. The molecule has 2 atom stereocenters. The molecule has 1 heteroatoms. The number of nitrogens with zero attached hydrogens (tertiary/aromatic N) is 1. The zero-order valence-electron chi connectivity index (χ0n) is 7.14. The van der Waals surface area contributed by atoms with E-state index in [1.165, 1.54) is 36.8 Å². The molecular formula is C9H18N+. The van der Waals surface area contributed by atoms with Gasteiger partial charge in [0.1, 0.15) is 0 Å². The second-order valence-electron chi connectivity index (χ2n) is 4.75. The molecule has 0 aromatic carbocycles. The molecule has 0 radical (unpaired) electrons. The first-order valence-corrected chi connectivity index (χ1v) is 4.49. The molecule has 58 valence electrons. The Bertz CT molecular complexity index is 126. The van der Waals surface area contributed by atoms with Crippen LogP contribution < -0.4 is 0 Å². The number of likely N-dealkylation sites (tertiary alicyclic amines) is 1. The maximum Gasteiger partial charge on any atom is 0.0816 e. The first kappa shape index (κ1) is 6.66. The average Bonchev–Trinajstić information content (AvgIpc) is 2.20. The molecule has 0 aromatic heterocycles. The Kier molecular flexibility index (Phi) is 1.31. The van der Waals surface area contributed by atoms with Crippen LogP contribution in [0.5, 0.6) is 0 Å². The lowest BCUT2D eigenvalue weighted by Crippen LogP contribution is -2.37. The quantitative estimate of drug-likeness (QED) is 0.447. The van der Waals surface area contributed by atoms with E-state index >= 15 is 0 Å². The van der Waals surface area contributed by atoms with Crippen LogP contribution >= 0.6 is 0 Å². The van der Waals surface area contributed by atoms with E-state index in [9.17, 15) is 0 Å². The molecule has 2 aliphatic rings. The first-order valence-electron chi connectivity index (χ1n) is 4.49. The second kappa shape index (κ2) is 1.97. The summed E-state index contributed by atoms with van der Waals surface area (Å²) in [5.74, 6) is 2.19. The van der Waals surface area contributed by atoms with Gasteiger partial charge in [-0.2, -0.15) is 0 Å². The standard InChI is InChI=1S/C9H18N/c1-10(2)6-8-4-3-5-9(8)7-10/h8-9H,3-7H2,1-2H3/q+1/t8-,9+. The van der Waals surface area contributed by atoms with Gasteiger partial charge in [-0.1, -0.05) is 6.42 Å². The van der Waals surface area contributed by atoms with E-state index in [2.05, 4.69) is 14.1 Å². The monoisotopic (exact) mass is 140 g/mol. The van der Waals surface area contributed by atoms with Crippen LogP contribution in [-0.4, -0.2) is 31.7 Å². The highest BCUT2D eigenvalue weighted by molar-refractivity contribution is 4.81. The van der Waals surface area contributed by atoms with Crippen LogP contribution in [0.3, 0.4) is 0 Å². The second-order valence-corrected chi connectivity index (χ2v) is 4.75. The van der Waals surface area contributed by atoms with Crippen LogP contribution in [0.1, 0.15) is 19.3 Å². The molecule has 10 heavy (non-hydrogen) atoms. The third kappa shape index (κ3) is 0.968. The highest BCUT2D eigenvalue weighted by Crippen LogP contribution is 2.39. The van der Waals surface area contributed by atoms with Crippen LogP contribution in [0.4, 0.5) is 0 Å². The van der Waals surface area contributed by atoms with Crippen molar-refractivity contribution in [3.05, 3.63) is 0 Å². The van der Waals surface area contributed by atoms with Crippen LogP contribution in [-0.2, 0) is 0 Å². The van der Waals surface area contributed by atoms with Gasteiger partial charge in [-0.15, -0.1) is 0 Å². The molecule has 0 bridgehead atoms. The lowest BCUT2D eigenvalue weighted by Gasteiger charge is -2.24. The fraction of sp³-hybridized carbons (Fsp3) is 1.00. The van der Waals surface area contributed by atoms with E-state index in [1.54, 1.807) is 0 Å². The van der Waals surface area contributed by atoms with Crippen molar-refractivity contribution in [3.63, 3.8) is 0 Å². The Morgan fingerprint density at radius 3 is 2.00 bits per heavy atom. The van der Waals surface area contributed by atoms with Gasteiger partial charge in [0.25, 0.3) is 0 Å². The molecule has 0 N–H and O–H groups in total. The smallest absolute Gasteiger partial charge is 0.0816 e. The molecular weight excluding hydrogens is 122 g/mol. The van der Waals surface area contributed by atoms with Gasteiger partial charge in [0.2, 0.25) is 0 Å². The highest BCUT2D eigenvalue weighted by Gasteiger charge is 2.42. The van der Waals surface area contributed by atoms with Gasteiger partial charge in [0.05, 0.1) is 27.2 Å². The van der Waals surface area contributed by atoms with Crippen LogP contribution in [0, 0.1) is 11.8 Å². The SMILES string of the molecule is C[N+]1(C)C[C@H]2CCC[C@H]2C1. The molecule has 1 nitrogen and oxygen atoms in total. The number of hydrogen-bond donors (Lipinski definition) is 0. The van der Waals surface area contributed by atoms with Crippen molar-refractivity contribution in [2.45, 2.75) is 19.3 Å². The van der Waals surface area contributed by atoms with Gasteiger partial charge in [0.15, 0.2) is 0 Å². The van der Waals surface area contributed by atoms with E-state index in [0.717, 1.165) is 11.8 Å². The minimum Gasteiger partial charge on any atom is -0.328 e. The number of quaternary nitrogens is 1. The van der Waals surface area contributed by atoms with Crippen molar-refractivity contribution in [2.75, 3.05) is 27.2 Å². The van der Waals surface area contributed by atoms with E-state index < -0.39 is 0 Å². The summed E-state index contributed by atoms with van der Waals surface area (Å²) >= 11 is 0. The van der Waals surface area contributed by atoms with Crippen molar-refractivity contribution in [2.24, 2.45) is 11.8 Å². The Balaban J connectivity index is 2.07. The number of rotatable bonds is 0. The van der Waals surface area contributed by atoms with Gasteiger partial charge >= 0.3 is 0 Å². The van der Waals surface area contributed by atoms with E-state index in [4.69, 9.17) is 0 Å². The third-order valence-corrected chi connectivity index (χ3v) is 3.27. The third-order valence-electron chi connectivity index (χ3n) is 3.27. The van der Waals surface area contributed by atoms with Crippen LogP contribution in [0.2, 0.25) is 0 Å². The fourth-order valence-electron chi connectivity index (χ4n) is 2.94. The Morgan fingerprint density at radius 1 is 1.00 bits per heavy atom. The summed E-state index contributed by atoms with van der Waals surface area (Å²) in [4.78, 5) is 0. The normalized spacial score (nSPS) is 43.8. The number of hydrogen-bond acceptors (Lipinski definition) is 0. The molecule has 1 saturated carbocycles. The lowest BCUT2D eigenvalue weighted by molar-refractivity contribution is -0.881. The molecule has 0 spiro atoms. The molecule has 1 saturated heterocycles. The number of fused-ring (bicyclic) bond motifs is 1. The summed E-state index contributed by atoms with van der Waals surface area (Å²) in [6.45, 7) is 2.90. The van der Waals surface area contributed by atoms with Gasteiger partial charge in [-0.3, -0.25) is 0 Å². The summed E-state index contributed by atoms with van der Waals surface area (Å²) in [7, 11) is 4.75. The van der Waals surface area contributed by atoms with E-state index in [1.807, 2.05) is 0 Å². The van der Waals surface area contributed by atoms with E-state index in [0.29, 0.717) is 0 Å². The van der Waals surface area contributed by atoms with Gasteiger partial charge in [0, 0.05) is 11.8 Å². The molecule has 2 rings (SSSR count). The lowest BCUT2D eigenvalue weighted by atomic mass is 10.0. The largest absolute Gasteiger partial charge is 0.328 e. The summed E-state index contributed by atoms with van der Waals surface area (Å²) in [5, 5.41) is 0. The van der Waals surface area contributed by atoms with Crippen molar-refractivity contribution in [1.29, 1.82) is 0 Å². The molecule has 0 amide bonds. The van der Waals surface area contributed by atoms with Crippen molar-refractivity contribution in [3.8, 4) is 0 Å². The van der Waals surface area contributed by atoms with Crippen LogP contribution in [0.25, 0.3) is 0 Å².